The maximum Gasteiger partial charge on any atom is 0.312 e. The molecule has 2 heterocycles. The van der Waals surface area contributed by atoms with Crippen molar-refractivity contribution >= 4 is 35.6 Å². The standard InChI is InChI=1S/C17H22ClN3O4.ClH/c1-10(25-16-6-3-11(18)7-15(16)21(23)24)17(22)20(2)14-8-12-4-5-13(9-14)19-12;/h3,6-7,10,12-14,19H,4-5,8-9H2,1-2H3;1H. The monoisotopic (exact) mass is 403 g/mol. The van der Waals surface area contributed by atoms with Crippen molar-refractivity contribution in [3.8, 4) is 5.75 Å². The summed E-state index contributed by atoms with van der Waals surface area (Å²) < 4.78 is 5.60. The summed E-state index contributed by atoms with van der Waals surface area (Å²) in [6, 6.07) is 5.30. The number of amides is 1. The molecule has 2 fully saturated rings. The summed E-state index contributed by atoms with van der Waals surface area (Å²) in [6.45, 7) is 1.62. The zero-order valence-corrected chi connectivity index (χ0v) is 16.3. The van der Waals surface area contributed by atoms with Crippen molar-refractivity contribution in [1.29, 1.82) is 0 Å². The quantitative estimate of drug-likeness (QED) is 0.602. The first kappa shape index (κ1) is 20.7. The van der Waals surface area contributed by atoms with Crippen molar-refractivity contribution in [3.63, 3.8) is 0 Å². The molecular formula is C17H23Cl2N3O4. The molecule has 2 aliphatic rings. The normalized spacial score (nSPS) is 25.1. The van der Waals surface area contributed by atoms with Gasteiger partial charge in [-0.3, -0.25) is 14.9 Å². The maximum atomic E-state index is 12.7. The van der Waals surface area contributed by atoms with Gasteiger partial charge in [0.15, 0.2) is 11.9 Å². The second-order valence-electron chi connectivity index (χ2n) is 6.84. The van der Waals surface area contributed by atoms with Crippen molar-refractivity contribution < 1.29 is 14.5 Å². The summed E-state index contributed by atoms with van der Waals surface area (Å²) in [5.41, 5.74) is -0.241. The van der Waals surface area contributed by atoms with Crippen molar-refractivity contribution in [3.05, 3.63) is 33.3 Å². The zero-order valence-electron chi connectivity index (χ0n) is 14.7. The lowest BCUT2D eigenvalue weighted by Crippen LogP contribution is -2.51. The average Bonchev–Trinajstić information content (AvgIpc) is 2.92. The number of benzene rings is 1. The molecule has 0 saturated carbocycles. The van der Waals surface area contributed by atoms with Crippen LogP contribution < -0.4 is 10.1 Å². The van der Waals surface area contributed by atoms with Crippen LogP contribution >= 0.6 is 24.0 Å². The predicted molar refractivity (Wildman–Crippen MR) is 101 cm³/mol. The lowest BCUT2D eigenvalue weighted by atomic mass is 9.98. The predicted octanol–water partition coefficient (Wildman–Crippen LogP) is 3.18. The fourth-order valence-electron chi connectivity index (χ4n) is 3.78. The van der Waals surface area contributed by atoms with Gasteiger partial charge in [-0.2, -0.15) is 0 Å². The number of rotatable bonds is 5. The number of likely N-dealkylation sites (N-methyl/N-ethyl adjacent to an activating group) is 1. The largest absolute Gasteiger partial charge is 0.474 e. The van der Waals surface area contributed by atoms with E-state index in [0.29, 0.717) is 12.1 Å². The lowest BCUT2D eigenvalue weighted by molar-refractivity contribution is -0.386. The number of carbonyl (C=O) groups excluding carboxylic acids is 1. The Morgan fingerprint density at radius 1 is 1.38 bits per heavy atom. The summed E-state index contributed by atoms with van der Waals surface area (Å²) in [6.07, 6.45) is 3.38. The fourth-order valence-corrected chi connectivity index (χ4v) is 3.95. The highest BCUT2D eigenvalue weighted by Gasteiger charge is 2.37. The number of hydrogen-bond acceptors (Lipinski definition) is 5. The van der Waals surface area contributed by atoms with Gasteiger partial charge in [-0.15, -0.1) is 12.4 Å². The number of nitrogens with one attached hydrogen (secondary N) is 1. The highest BCUT2D eigenvalue weighted by Crippen LogP contribution is 2.32. The van der Waals surface area contributed by atoms with E-state index in [-0.39, 0.29) is 40.8 Å². The van der Waals surface area contributed by atoms with Crippen LogP contribution in [0.15, 0.2) is 18.2 Å². The van der Waals surface area contributed by atoms with Crippen molar-refractivity contribution in [2.24, 2.45) is 0 Å². The minimum Gasteiger partial charge on any atom is -0.474 e. The molecule has 2 saturated heterocycles. The van der Waals surface area contributed by atoms with Crippen molar-refractivity contribution in [2.45, 2.75) is 56.8 Å². The van der Waals surface area contributed by atoms with Crippen LogP contribution in [0.2, 0.25) is 5.02 Å². The number of piperidine rings is 1. The molecule has 2 aliphatic heterocycles. The van der Waals surface area contributed by atoms with E-state index >= 15 is 0 Å². The van der Waals surface area contributed by atoms with E-state index in [9.17, 15) is 14.9 Å². The van der Waals surface area contributed by atoms with Gasteiger partial charge in [-0.05, 0) is 44.7 Å². The molecule has 9 heteroatoms. The number of nitro benzene ring substituents is 1. The molecule has 1 aromatic carbocycles. The van der Waals surface area contributed by atoms with Crippen molar-refractivity contribution in [1.82, 2.24) is 10.2 Å². The van der Waals surface area contributed by atoms with E-state index in [2.05, 4.69) is 5.32 Å². The second-order valence-corrected chi connectivity index (χ2v) is 7.28. The molecule has 0 aliphatic carbocycles. The van der Waals surface area contributed by atoms with Gasteiger partial charge in [0.05, 0.1) is 4.92 Å². The summed E-state index contributed by atoms with van der Waals surface area (Å²) in [5.74, 6) is -0.121. The Hall–Kier alpha value is -1.57. The minimum atomic E-state index is -0.808. The topological polar surface area (TPSA) is 84.7 Å². The van der Waals surface area contributed by atoms with E-state index < -0.39 is 11.0 Å². The van der Waals surface area contributed by atoms with E-state index in [0.717, 1.165) is 25.7 Å². The SMILES string of the molecule is CC(Oc1ccc(Cl)cc1[N+](=O)[O-])C(=O)N(C)C1CC2CCC(C1)N2.Cl. The van der Waals surface area contributed by atoms with Crippen LogP contribution in [-0.2, 0) is 4.79 Å². The van der Waals surface area contributed by atoms with Gasteiger partial charge in [0, 0.05) is 36.3 Å². The van der Waals surface area contributed by atoms with Gasteiger partial charge in [0.2, 0.25) is 0 Å². The number of hydrogen-bond donors (Lipinski definition) is 1. The van der Waals surface area contributed by atoms with Gasteiger partial charge in [0.25, 0.3) is 5.91 Å². The maximum absolute atomic E-state index is 12.7. The van der Waals surface area contributed by atoms with Gasteiger partial charge < -0.3 is 15.0 Å². The Morgan fingerprint density at radius 2 is 2.00 bits per heavy atom. The number of halogens is 2. The zero-order chi connectivity index (χ0) is 18.1. The molecular weight excluding hydrogens is 381 g/mol. The Balaban J connectivity index is 0.00000243. The number of carbonyl (C=O) groups is 1. The van der Waals surface area contributed by atoms with E-state index in [4.69, 9.17) is 16.3 Å². The molecule has 144 valence electrons. The van der Waals surface area contributed by atoms with Gasteiger partial charge in [0.1, 0.15) is 0 Å². The first-order valence-electron chi connectivity index (χ1n) is 8.48. The molecule has 0 radical (unpaired) electrons. The first-order chi connectivity index (χ1) is 11.8. The third-order valence-corrected chi connectivity index (χ3v) is 5.35. The van der Waals surface area contributed by atoms with Crippen molar-refractivity contribution in [2.75, 3.05) is 7.05 Å². The molecule has 7 nitrogen and oxygen atoms in total. The minimum absolute atomic E-state index is 0. The Kier molecular flexibility index (Phi) is 6.71. The number of nitro groups is 1. The average molecular weight is 404 g/mol. The van der Waals surface area contributed by atoms with Gasteiger partial charge >= 0.3 is 5.69 Å². The molecule has 0 spiro atoms. The van der Waals surface area contributed by atoms with E-state index in [1.807, 2.05) is 0 Å². The Labute approximate surface area is 163 Å². The van der Waals surface area contributed by atoms with Crippen LogP contribution in [0.25, 0.3) is 0 Å². The summed E-state index contributed by atoms with van der Waals surface area (Å²) >= 11 is 5.80. The third-order valence-electron chi connectivity index (χ3n) is 5.11. The molecule has 1 amide bonds. The van der Waals surface area contributed by atoms with Crippen LogP contribution in [0.1, 0.15) is 32.6 Å². The summed E-state index contributed by atoms with van der Waals surface area (Å²) in [4.78, 5) is 25.0. The van der Waals surface area contributed by atoms with Crippen LogP contribution in [0.5, 0.6) is 5.75 Å². The summed E-state index contributed by atoms with van der Waals surface area (Å²) in [5, 5.41) is 15.0. The number of nitrogens with zero attached hydrogens (tertiary/aromatic N) is 2. The Bertz CT molecular complexity index is 676. The molecule has 26 heavy (non-hydrogen) atoms. The Morgan fingerprint density at radius 3 is 2.58 bits per heavy atom. The molecule has 2 bridgehead atoms. The molecule has 1 N–H and O–H groups in total. The molecule has 3 rings (SSSR count). The second kappa shape index (κ2) is 8.41. The van der Waals surface area contributed by atoms with Crippen LogP contribution in [0, 0.1) is 10.1 Å². The van der Waals surface area contributed by atoms with Crippen LogP contribution in [0.4, 0.5) is 5.69 Å². The van der Waals surface area contributed by atoms with E-state index in [1.165, 1.54) is 18.2 Å². The molecule has 1 aromatic rings. The van der Waals surface area contributed by atoms with Gasteiger partial charge in [-0.25, -0.2) is 0 Å². The van der Waals surface area contributed by atoms with Crippen LogP contribution in [-0.4, -0.2) is 47.0 Å². The highest BCUT2D eigenvalue weighted by molar-refractivity contribution is 6.30. The lowest BCUT2D eigenvalue weighted by Gasteiger charge is -2.36. The summed E-state index contributed by atoms with van der Waals surface area (Å²) in [7, 11) is 1.79. The van der Waals surface area contributed by atoms with E-state index in [1.54, 1.807) is 18.9 Å². The third kappa shape index (κ3) is 4.39. The van der Waals surface area contributed by atoms with Crippen LogP contribution in [0.3, 0.4) is 0 Å². The molecule has 3 unspecified atom stereocenters. The number of ether oxygens (including phenoxy) is 1. The number of fused-ring (bicyclic) bond motifs is 2. The smallest absolute Gasteiger partial charge is 0.312 e. The fraction of sp³-hybridized carbons (Fsp3) is 0.588. The van der Waals surface area contributed by atoms with Gasteiger partial charge in [-0.1, -0.05) is 11.6 Å². The molecule has 3 atom stereocenters. The first-order valence-corrected chi connectivity index (χ1v) is 8.86. The highest BCUT2D eigenvalue weighted by atomic mass is 35.5. The molecule has 0 aromatic heterocycles.